The van der Waals surface area contributed by atoms with Crippen LogP contribution in [0.5, 0.6) is 0 Å². The molecule has 0 heterocycles. The molecule has 0 radical (unpaired) electrons. The topological polar surface area (TPSA) is 26.3 Å². The highest BCUT2D eigenvalue weighted by Gasteiger charge is 2.16. The summed E-state index contributed by atoms with van der Waals surface area (Å²) in [6, 6.07) is 2.42. The number of methoxy groups -OCH3 is 1. The molecule has 0 aliphatic carbocycles. The van der Waals surface area contributed by atoms with Gasteiger partial charge in [-0.25, -0.2) is 13.6 Å². The third-order valence-electron chi connectivity index (χ3n) is 1.70. The van der Waals surface area contributed by atoms with Crippen molar-refractivity contribution < 1.29 is 18.3 Å². The minimum absolute atomic E-state index is 0.0955. The Labute approximate surface area is 88.0 Å². The molecule has 0 saturated carbocycles. The van der Waals surface area contributed by atoms with Crippen LogP contribution in [0.15, 0.2) is 16.6 Å². The van der Waals surface area contributed by atoms with E-state index in [-0.39, 0.29) is 11.1 Å². The Hall–Kier alpha value is -0.970. The van der Waals surface area contributed by atoms with Crippen LogP contribution in [-0.2, 0) is 11.4 Å². The van der Waals surface area contributed by atoms with E-state index in [4.69, 9.17) is 0 Å². The average molecular weight is 265 g/mol. The number of carbonyl (C=O) groups is 1. The largest absolute Gasteiger partial charge is 0.465 e. The number of hydrogen-bond acceptors (Lipinski definition) is 2. The molecule has 2 nitrogen and oxygen atoms in total. The second-order valence-corrected chi connectivity index (χ2v) is 3.45. The van der Waals surface area contributed by atoms with Gasteiger partial charge in [0, 0.05) is 10.0 Å². The zero-order chi connectivity index (χ0) is 10.7. The summed E-state index contributed by atoms with van der Waals surface area (Å²) in [4.78, 5) is 11.1. The molecule has 0 amide bonds. The zero-order valence-electron chi connectivity index (χ0n) is 7.31. The van der Waals surface area contributed by atoms with E-state index in [9.17, 15) is 13.6 Å². The van der Waals surface area contributed by atoms with Crippen molar-refractivity contribution in [2.75, 3.05) is 7.11 Å². The van der Waals surface area contributed by atoms with Gasteiger partial charge >= 0.3 is 5.97 Å². The molecule has 0 aromatic heterocycles. The van der Waals surface area contributed by atoms with Gasteiger partial charge in [0.2, 0.25) is 0 Å². The van der Waals surface area contributed by atoms with Crippen molar-refractivity contribution in [3.05, 3.63) is 33.5 Å². The minimum Gasteiger partial charge on any atom is -0.465 e. The Balaban J connectivity index is 3.32. The summed E-state index contributed by atoms with van der Waals surface area (Å²) < 4.78 is 30.3. The van der Waals surface area contributed by atoms with E-state index in [1.165, 1.54) is 6.07 Å². The molecule has 1 rings (SSSR count). The van der Waals surface area contributed by atoms with Gasteiger partial charge in [-0.15, -0.1) is 0 Å². The maximum atomic E-state index is 13.1. The Morgan fingerprint density at radius 1 is 1.57 bits per heavy atom. The molecule has 0 fully saturated rings. The molecular weight excluding hydrogens is 258 g/mol. The van der Waals surface area contributed by atoms with Crippen molar-refractivity contribution in [2.24, 2.45) is 0 Å². The number of ether oxygens (including phenoxy) is 1. The molecule has 0 unspecified atom stereocenters. The molecule has 0 spiro atoms. The standard InChI is InChI=1S/C9H7BrF2O2/c1-14-9(13)6-2-5(10)3-8(12)7(6)4-11/h2-3H,4H2,1H3. The van der Waals surface area contributed by atoms with Crippen LogP contribution in [0.2, 0.25) is 0 Å². The highest BCUT2D eigenvalue weighted by molar-refractivity contribution is 9.10. The van der Waals surface area contributed by atoms with Crippen LogP contribution in [0.3, 0.4) is 0 Å². The number of hydrogen-bond donors (Lipinski definition) is 0. The molecule has 1 aromatic rings. The predicted molar refractivity (Wildman–Crippen MR) is 50.3 cm³/mol. The van der Waals surface area contributed by atoms with Gasteiger partial charge in [0.25, 0.3) is 0 Å². The number of rotatable bonds is 2. The molecule has 5 heteroatoms. The summed E-state index contributed by atoms with van der Waals surface area (Å²) in [7, 11) is 1.16. The first-order valence-corrected chi connectivity index (χ1v) is 4.51. The summed E-state index contributed by atoms with van der Waals surface area (Å²) in [6.07, 6.45) is 0. The van der Waals surface area contributed by atoms with Crippen LogP contribution < -0.4 is 0 Å². The van der Waals surface area contributed by atoms with Crippen LogP contribution in [0.4, 0.5) is 8.78 Å². The molecule has 0 aliphatic rings. The van der Waals surface area contributed by atoms with E-state index in [0.717, 1.165) is 13.2 Å². The van der Waals surface area contributed by atoms with E-state index in [2.05, 4.69) is 20.7 Å². The molecule has 0 N–H and O–H groups in total. The maximum absolute atomic E-state index is 13.1. The van der Waals surface area contributed by atoms with Gasteiger partial charge in [0.1, 0.15) is 12.5 Å². The predicted octanol–water partition coefficient (Wildman–Crippen LogP) is 2.84. The normalized spacial score (nSPS) is 10.0. The van der Waals surface area contributed by atoms with Gasteiger partial charge < -0.3 is 4.74 Å². The van der Waals surface area contributed by atoms with Gasteiger partial charge in [0.15, 0.2) is 0 Å². The molecule has 0 bridgehead atoms. The minimum atomic E-state index is -1.04. The van der Waals surface area contributed by atoms with Crippen LogP contribution >= 0.6 is 15.9 Å². The average Bonchev–Trinajstić information content (AvgIpc) is 2.15. The van der Waals surface area contributed by atoms with Crippen molar-refractivity contribution in [1.82, 2.24) is 0 Å². The zero-order valence-corrected chi connectivity index (χ0v) is 8.90. The molecule has 0 saturated heterocycles. The highest BCUT2D eigenvalue weighted by atomic mass is 79.9. The highest BCUT2D eigenvalue weighted by Crippen LogP contribution is 2.22. The quantitative estimate of drug-likeness (QED) is 0.768. The lowest BCUT2D eigenvalue weighted by molar-refractivity contribution is 0.0597. The lowest BCUT2D eigenvalue weighted by Crippen LogP contribution is -2.07. The van der Waals surface area contributed by atoms with E-state index in [0.29, 0.717) is 4.47 Å². The fraction of sp³-hybridized carbons (Fsp3) is 0.222. The summed E-state index contributed by atoms with van der Waals surface area (Å²) in [6.45, 7) is -1.04. The Kier molecular flexibility index (Phi) is 3.57. The third-order valence-corrected chi connectivity index (χ3v) is 2.16. The van der Waals surface area contributed by atoms with E-state index < -0.39 is 18.5 Å². The van der Waals surface area contributed by atoms with Gasteiger partial charge in [-0.05, 0) is 12.1 Å². The second-order valence-electron chi connectivity index (χ2n) is 2.54. The second kappa shape index (κ2) is 4.50. The number of alkyl halides is 1. The number of halogens is 3. The molecule has 0 atom stereocenters. The Morgan fingerprint density at radius 2 is 2.21 bits per heavy atom. The van der Waals surface area contributed by atoms with Crippen LogP contribution in [0, 0.1) is 5.82 Å². The molecule has 76 valence electrons. The number of esters is 1. The summed E-state index contributed by atoms with van der Waals surface area (Å²) in [5.41, 5.74) is -0.373. The first-order valence-electron chi connectivity index (χ1n) is 3.72. The van der Waals surface area contributed by atoms with Crippen LogP contribution in [0.1, 0.15) is 15.9 Å². The van der Waals surface area contributed by atoms with E-state index >= 15 is 0 Å². The third kappa shape index (κ3) is 2.09. The molecular formula is C9H7BrF2O2. The van der Waals surface area contributed by atoms with E-state index in [1.54, 1.807) is 0 Å². The number of carbonyl (C=O) groups excluding carboxylic acids is 1. The first-order chi connectivity index (χ1) is 6.60. The van der Waals surface area contributed by atoms with Crippen molar-refractivity contribution >= 4 is 21.9 Å². The fourth-order valence-electron chi connectivity index (χ4n) is 1.03. The van der Waals surface area contributed by atoms with Crippen molar-refractivity contribution in [3.8, 4) is 0 Å². The smallest absolute Gasteiger partial charge is 0.338 e. The summed E-state index contributed by atoms with van der Waals surface area (Å²) >= 11 is 3.00. The summed E-state index contributed by atoms with van der Waals surface area (Å²) in [5, 5.41) is 0. The van der Waals surface area contributed by atoms with Crippen molar-refractivity contribution in [3.63, 3.8) is 0 Å². The molecule has 1 aromatic carbocycles. The monoisotopic (exact) mass is 264 g/mol. The van der Waals surface area contributed by atoms with Crippen LogP contribution in [0.25, 0.3) is 0 Å². The van der Waals surface area contributed by atoms with Gasteiger partial charge in [-0.3, -0.25) is 0 Å². The van der Waals surface area contributed by atoms with Crippen LogP contribution in [-0.4, -0.2) is 13.1 Å². The lowest BCUT2D eigenvalue weighted by atomic mass is 10.1. The van der Waals surface area contributed by atoms with Gasteiger partial charge in [0.05, 0.1) is 12.7 Å². The fourth-order valence-corrected chi connectivity index (χ4v) is 1.46. The SMILES string of the molecule is COC(=O)c1cc(Br)cc(F)c1CF. The first kappa shape index (κ1) is 11.1. The van der Waals surface area contributed by atoms with Gasteiger partial charge in [-0.2, -0.15) is 0 Å². The Bertz CT molecular complexity index is 366. The molecule has 14 heavy (non-hydrogen) atoms. The van der Waals surface area contributed by atoms with Crippen molar-refractivity contribution in [1.29, 1.82) is 0 Å². The number of benzene rings is 1. The molecule has 0 aliphatic heterocycles. The van der Waals surface area contributed by atoms with Gasteiger partial charge in [-0.1, -0.05) is 15.9 Å². The van der Waals surface area contributed by atoms with E-state index in [1.807, 2.05) is 0 Å². The summed E-state index contributed by atoms with van der Waals surface area (Å²) in [5.74, 6) is -1.51. The maximum Gasteiger partial charge on any atom is 0.338 e. The lowest BCUT2D eigenvalue weighted by Gasteiger charge is -2.06. The van der Waals surface area contributed by atoms with Crippen molar-refractivity contribution in [2.45, 2.75) is 6.67 Å². The Morgan fingerprint density at radius 3 is 2.71 bits per heavy atom.